The van der Waals surface area contributed by atoms with Crippen molar-refractivity contribution in [2.24, 2.45) is 0 Å². The highest BCUT2D eigenvalue weighted by Crippen LogP contribution is 2.24. The smallest absolute Gasteiger partial charge is 0.141 e. The maximum absolute atomic E-state index is 5.94. The number of hydrogen-bond donors (Lipinski definition) is 2. The van der Waals surface area contributed by atoms with E-state index in [1.165, 1.54) is 0 Å². The molecule has 2 rings (SSSR count). The van der Waals surface area contributed by atoms with Crippen LogP contribution in [0, 0.1) is 6.92 Å². The molecule has 0 aliphatic heterocycles. The highest BCUT2D eigenvalue weighted by molar-refractivity contribution is 6.35. The Labute approximate surface area is 74.5 Å². The number of nitrogen functional groups attached to an aromatic ring is 1. The molecule has 0 unspecified atom stereocenters. The molecule has 0 atom stereocenters. The predicted molar refractivity (Wildman–Crippen MR) is 50.3 cm³/mol. The summed E-state index contributed by atoms with van der Waals surface area (Å²) in [6.45, 7) is 1.95. The molecule has 2 heterocycles. The Kier molecular flexibility index (Phi) is 1.48. The summed E-state index contributed by atoms with van der Waals surface area (Å²) in [7, 11) is 0. The predicted octanol–water partition coefficient (Wildman–Crippen LogP) is 2.11. The van der Waals surface area contributed by atoms with Crippen LogP contribution in [-0.2, 0) is 0 Å². The number of rotatable bonds is 0. The van der Waals surface area contributed by atoms with Gasteiger partial charge < -0.3 is 10.7 Å². The Morgan fingerprint density at radius 2 is 2.25 bits per heavy atom. The van der Waals surface area contributed by atoms with Crippen molar-refractivity contribution in [3.63, 3.8) is 0 Å². The lowest BCUT2D eigenvalue weighted by atomic mass is 10.3. The molecule has 12 heavy (non-hydrogen) atoms. The van der Waals surface area contributed by atoms with Gasteiger partial charge in [0.1, 0.15) is 11.5 Å². The Hall–Kier alpha value is -1.22. The number of hydrogen-bond acceptors (Lipinski definition) is 2. The minimum Gasteiger partial charge on any atom is -0.384 e. The van der Waals surface area contributed by atoms with Gasteiger partial charge >= 0.3 is 0 Å². The molecular weight excluding hydrogens is 174 g/mol. The van der Waals surface area contributed by atoms with Crippen LogP contribution in [0.25, 0.3) is 11.0 Å². The zero-order chi connectivity index (χ0) is 8.72. The summed E-state index contributed by atoms with van der Waals surface area (Å²) in [5.41, 5.74) is 7.30. The summed E-state index contributed by atoms with van der Waals surface area (Å²) in [6, 6.07) is 3.60. The minimum absolute atomic E-state index is 0.439. The zero-order valence-electron chi connectivity index (χ0n) is 6.56. The number of aromatic amines is 1. The first-order chi connectivity index (χ1) is 5.66. The summed E-state index contributed by atoms with van der Waals surface area (Å²) in [5, 5.41) is 1.56. The number of aryl methyl sites for hydroxylation is 1. The second-order valence-electron chi connectivity index (χ2n) is 2.74. The number of anilines is 1. The number of nitrogens with one attached hydrogen (secondary N) is 1. The topological polar surface area (TPSA) is 54.7 Å². The molecule has 0 saturated carbocycles. The van der Waals surface area contributed by atoms with Crippen LogP contribution in [0.1, 0.15) is 5.69 Å². The van der Waals surface area contributed by atoms with E-state index in [4.69, 9.17) is 17.3 Å². The molecule has 0 bridgehead atoms. The summed E-state index contributed by atoms with van der Waals surface area (Å²) < 4.78 is 0. The molecule has 0 aliphatic rings. The molecule has 2 aromatic rings. The van der Waals surface area contributed by atoms with Gasteiger partial charge in [-0.05, 0) is 19.1 Å². The van der Waals surface area contributed by atoms with E-state index in [2.05, 4.69) is 9.97 Å². The zero-order valence-corrected chi connectivity index (χ0v) is 7.31. The second kappa shape index (κ2) is 2.38. The Balaban J connectivity index is 2.88. The van der Waals surface area contributed by atoms with Gasteiger partial charge in [0, 0.05) is 11.1 Å². The summed E-state index contributed by atoms with van der Waals surface area (Å²) in [5.74, 6) is 0.439. The Morgan fingerprint density at radius 1 is 1.50 bits per heavy atom. The van der Waals surface area contributed by atoms with Gasteiger partial charge in [0.25, 0.3) is 0 Å². The number of nitrogens with zero attached hydrogens (tertiary/aromatic N) is 1. The van der Waals surface area contributed by atoms with E-state index in [9.17, 15) is 0 Å². The van der Waals surface area contributed by atoms with Crippen molar-refractivity contribution in [1.29, 1.82) is 0 Å². The molecule has 2 aromatic heterocycles. The maximum atomic E-state index is 5.94. The van der Waals surface area contributed by atoms with Crippen molar-refractivity contribution in [2.45, 2.75) is 6.92 Å². The molecule has 0 radical (unpaired) electrons. The lowest BCUT2D eigenvalue weighted by molar-refractivity contribution is 1.25. The van der Waals surface area contributed by atoms with Crippen molar-refractivity contribution in [1.82, 2.24) is 9.97 Å². The number of pyridine rings is 1. The van der Waals surface area contributed by atoms with Gasteiger partial charge in [-0.2, -0.15) is 0 Å². The Bertz CT molecular complexity index is 433. The molecule has 4 heteroatoms. The van der Waals surface area contributed by atoms with E-state index in [1.807, 2.05) is 13.0 Å². The molecule has 62 valence electrons. The first-order valence-corrected chi connectivity index (χ1v) is 3.96. The fourth-order valence-corrected chi connectivity index (χ4v) is 1.47. The van der Waals surface area contributed by atoms with Crippen LogP contribution in [-0.4, -0.2) is 9.97 Å². The van der Waals surface area contributed by atoms with Gasteiger partial charge in [-0.3, -0.25) is 0 Å². The third-order valence-electron chi connectivity index (χ3n) is 1.70. The van der Waals surface area contributed by atoms with Gasteiger partial charge in [-0.15, -0.1) is 0 Å². The van der Waals surface area contributed by atoms with Crippen LogP contribution in [0.5, 0.6) is 0 Å². The minimum atomic E-state index is 0.439. The number of H-pyrrole nitrogens is 1. The molecule has 3 nitrogen and oxygen atoms in total. The van der Waals surface area contributed by atoms with Gasteiger partial charge in [0.2, 0.25) is 0 Å². The third-order valence-corrected chi connectivity index (χ3v) is 2.02. The van der Waals surface area contributed by atoms with Gasteiger partial charge in [-0.1, -0.05) is 11.6 Å². The van der Waals surface area contributed by atoms with Crippen molar-refractivity contribution in [3.8, 4) is 0 Å². The van der Waals surface area contributed by atoms with E-state index in [0.717, 1.165) is 16.7 Å². The first kappa shape index (κ1) is 7.43. The molecule has 0 aliphatic carbocycles. The lowest BCUT2D eigenvalue weighted by Crippen LogP contribution is -1.89. The molecule has 0 amide bonds. The van der Waals surface area contributed by atoms with Crippen LogP contribution in [0.15, 0.2) is 12.1 Å². The van der Waals surface area contributed by atoms with Crippen LogP contribution in [0.4, 0.5) is 5.82 Å². The summed E-state index contributed by atoms with van der Waals surface area (Å²) in [4.78, 5) is 7.16. The van der Waals surface area contributed by atoms with E-state index in [0.29, 0.717) is 10.8 Å². The van der Waals surface area contributed by atoms with Crippen molar-refractivity contribution in [3.05, 3.63) is 22.8 Å². The summed E-state index contributed by atoms with van der Waals surface area (Å²) in [6.07, 6.45) is 0. The molecule has 3 N–H and O–H groups in total. The molecular formula is C8H8ClN3. The summed E-state index contributed by atoms with van der Waals surface area (Å²) >= 11 is 5.94. The monoisotopic (exact) mass is 181 g/mol. The van der Waals surface area contributed by atoms with E-state index in [1.54, 1.807) is 6.07 Å². The van der Waals surface area contributed by atoms with Crippen LogP contribution in [0.3, 0.4) is 0 Å². The number of aromatic nitrogens is 2. The van der Waals surface area contributed by atoms with Crippen molar-refractivity contribution >= 4 is 28.5 Å². The molecule has 0 saturated heterocycles. The number of halogens is 1. The SMILES string of the molecule is Cc1cc2c(Cl)cc(N)nc2[nH]1. The van der Waals surface area contributed by atoms with E-state index in [-0.39, 0.29) is 0 Å². The van der Waals surface area contributed by atoms with Crippen molar-refractivity contribution < 1.29 is 0 Å². The normalized spacial score (nSPS) is 10.8. The molecule has 0 spiro atoms. The van der Waals surface area contributed by atoms with Crippen LogP contribution < -0.4 is 5.73 Å². The van der Waals surface area contributed by atoms with Gasteiger partial charge in [-0.25, -0.2) is 4.98 Å². The first-order valence-electron chi connectivity index (χ1n) is 3.58. The Morgan fingerprint density at radius 3 is 3.00 bits per heavy atom. The fraction of sp³-hybridized carbons (Fsp3) is 0.125. The lowest BCUT2D eigenvalue weighted by Gasteiger charge is -1.94. The highest BCUT2D eigenvalue weighted by atomic mass is 35.5. The second-order valence-corrected chi connectivity index (χ2v) is 3.15. The maximum Gasteiger partial charge on any atom is 0.141 e. The fourth-order valence-electron chi connectivity index (χ4n) is 1.21. The average molecular weight is 182 g/mol. The van der Waals surface area contributed by atoms with E-state index < -0.39 is 0 Å². The largest absolute Gasteiger partial charge is 0.384 e. The van der Waals surface area contributed by atoms with Gasteiger partial charge in [0.15, 0.2) is 0 Å². The molecule has 0 fully saturated rings. The van der Waals surface area contributed by atoms with Gasteiger partial charge in [0.05, 0.1) is 5.02 Å². The molecule has 0 aromatic carbocycles. The average Bonchev–Trinajstić information content (AvgIpc) is 2.29. The van der Waals surface area contributed by atoms with Crippen LogP contribution >= 0.6 is 11.6 Å². The standard InChI is InChI=1S/C8H8ClN3/c1-4-2-5-6(9)3-7(10)12-8(5)11-4/h2-3H,1H3,(H3,10,11,12). The van der Waals surface area contributed by atoms with E-state index >= 15 is 0 Å². The quantitative estimate of drug-likeness (QED) is 0.654. The third kappa shape index (κ3) is 1.02. The van der Waals surface area contributed by atoms with Crippen LogP contribution in [0.2, 0.25) is 5.02 Å². The van der Waals surface area contributed by atoms with Crippen molar-refractivity contribution in [2.75, 3.05) is 5.73 Å². The number of nitrogens with two attached hydrogens (primary N) is 1. The highest BCUT2D eigenvalue weighted by Gasteiger charge is 2.03. The number of fused-ring (bicyclic) bond motifs is 1.